The molecule has 0 unspecified atom stereocenters. The lowest BCUT2D eigenvalue weighted by Gasteiger charge is -2.36. The predicted molar refractivity (Wildman–Crippen MR) is 129 cm³/mol. The summed E-state index contributed by atoms with van der Waals surface area (Å²) >= 11 is 1.33. The van der Waals surface area contributed by atoms with Crippen molar-refractivity contribution in [2.45, 2.75) is 26.1 Å². The van der Waals surface area contributed by atoms with E-state index in [9.17, 15) is 9.59 Å². The zero-order valence-corrected chi connectivity index (χ0v) is 20.0. The summed E-state index contributed by atoms with van der Waals surface area (Å²) in [4.78, 5) is 37.8. The maximum Gasteiger partial charge on any atom is 0.255 e. The quantitative estimate of drug-likeness (QED) is 0.598. The molecule has 9 nitrogen and oxygen atoms in total. The summed E-state index contributed by atoms with van der Waals surface area (Å²) in [6.07, 6.45) is 3.81. The van der Waals surface area contributed by atoms with Crippen molar-refractivity contribution in [3.63, 3.8) is 0 Å². The van der Waals surface area contributed by atoms with Crippen molar-refractivity contribution in [1.29, 1.82) is 0 Å². The van der Waals surface area contributed by atoms with Crippen LogP contribution in [0.4, 0.5) is 10.9 Å². The Morgan fingerprint density at radius 1 is 1.18 bits per heavy atom. The molecule has 0 bridgehead atoms. The highest BCUT2D eigenvalue weighted by Crippen LogP contribution is 2.26. The molecule has 2 atom stereocenters. The first-order valence-corrected chi connectivity index (χ1v) is 11.7. The van der Waals surface area contributed by atoms with Crippen LogP contribution in [0.25, 0.3) is 11.4 Å². The van der Waals surface area contributed by atoms with E-state index in [4.69, 9.17) is 9.72 Å². The van der Waals surface area contributed by atoms with Gasteiger partial charge < -0.3 is 24.4 Å². The summed E-state index contributed by atoms with van der Waals surface area (Å²) in [5.41, 5.74) is 1.98. The SMILES string of the molecule is C[C@@H]1CN(c2cccc(-c3csc(NC(=O)CN(C)C(=O)c4ccn(C)c4)n3)n2)C[C@H](C)O1. The number of morpholine rings is 1. The number of hydrogen-bond donors (Lipinski definition) is 1. The predicted octanol–water partition coefficient (Wildman–Crippen LogP) is 2.87. The molecule has 0 spiro atoms. The van der Waals surface area contributed by atoms with Crippen LogP contribution in [0.15, 0.2) is 42.0 Å². The Balaban J connectivity index is 1.39. The first kappa shape index (κ1) is 22.9. The third-order valence-corrected chi connectivity index (χ3v) is 6.06. The lowest BCUT2D eigenvalue weighted by molar-refractivity contribution is -0.116. The molecule has 1 aliphatic rings. The lowest BCUT2D eigenvalue weighted by atomic mass is 10.2. The van der Waals surface area contributed by atoms with E-state index in [0.717, 1.165) is 24.6 Å². The molecule has 1 fully saturated rings. The van der Waals surface area contributed by atoms with Crippen LogP contribution in [0.1, 0.15) is 24.2 Å². The normalized spacial score (nSPS) is 18.2. The molecule has 4 heterocycles. The lowest BCUT2D eigenvalue weighted by Crippen LogP contribution is -2.45. The Kier molecular flexibility index (Phi) is 6.75. The molecule has 1 saturated heterocycles. The largest absolute Gasteiger partial charge is 0.372 e. The Hall–Kier alpha value is -3.24. The molecule has 0 aliphatic carbocycles. The minimum Gasteiger partial charge on any atom is -0.372 e. The zero-order valence-electron chi connectivity index (χ0n) is 19.2. The van der Waals surface area contributed by atoms with E-state index in [1.807, 2.05) is 30.6 Å². The fourth-order valence-corrected chi connectivity index (χ4v) is 4.57. The Labute approximate surface area is 197 Å². The molecular weight excluding hydrogens is 440 g/mol. The highest BCUT2D eigenvalue weighted by atomic mass is 32.1. The van der Waals surface area contributed by atoms with Gasteiger partial charge in [-0.15, -0.1) is 11.3 Å². The van der Waals surface area contributed by atoms with Crippen molar-refractivity contribution >= 4 is 34.1 Å². The summed E-state index contributed by atoms with van der Waals surface area (Å²) in [7, 11) is 3.45. The number of rotatable bonds is 6. The first-order valence-electron chi connectivity index (χ1n) is 10.8. The molecule has 2 amide bonds. The number of amides is 2. The number of nitrogens with one attached hydrogen (secondary N) is 1. The van der Waals surface area contributed by atoms with Gasteiger partial charge >= 0.3 is 0 Å². The fraction of sp³-hybridized carbons (Fsp3) is 0.391. The van der Waals surface area contributed by atoms with Gasteiger partial charge in [0.1, 0.15) is 11.5 Å². The molecular formula is C23H28N6O3S. The summed E-state index contributed by atoms with van der Waals surface area (Å²) in [6.45, 7) is 5.63. The summed E-state index contributed by atoms with van der Waals surface area (Å²) in [6, 6.07) is 7.58. The highest BCUT2D eigenvalue weighted by Gasteiger charge is 2.23. The third-order valence-electron chi connectivity index (χ3n) is 5.30. The third kappa shape index (κ3) is 5.58. The van der Waals surface area contributed by atoms with E-state index >= 15 is 0 Å². The second kappa shape index (κ2) is 9.72. The summed E-state index contributed by atoms with van der Waals surface area (Å²) in [5, 5.41) is 5.11. The molecule has 10 heteroatoms. The fourth-order valence-electron chi connectivity index (χ4n) is 3.85. The minimum atomic E-state index is -0.305. The number of carbonyl (C=O) groups excluding carboxylic acids is 2. The van der Waals surface area contributed by atoms with Gasteiger partial charge in [-0.3, -0.25) is 9.59 Å². The number of likely N-dealkylation sites (N-methyl/N-ethyl adjacent to an activating group) is 1. The molecule has 3 aromatic rings. The van der Waals surface area contributed by atoms with Gasteiger partial charge in [-0.1, -0.05) is 6.07 Å². The average molecular weight is 469 g/mol. The number of pyridine rings is 1. The van der Waals surface area contributed by atoms with Crippen LogP contribution in [0.5, 0.6) is 0 Å². The molecule has 174 valence electrons. The standard InChI is InChI=1S/C23H28N6O3S/c1-15-10-29(11-16(2)32-15)20-7-5-6-18(24-20)19-14-33-23(25-19)26-21(30)13-28(4)22(31)17-8-9-27(3)12-17/h5-9,12,14-16H,10-11,13H2,1-4H3,(H,25,26,30)/t15-,16+. The van der Waals surface area contributed by atoms with Crippen LogP contribution < -0.4 is 10.2 Å². The van der Waals surface area contributed by atoms with Gasteiger partial charge in [0.15, 0.2) is 5.13 Å². The molecule has 33 heavy (non-hydrogen) atoms. The molecule has 0 radical (unpaired) electrons. The number of thiazole rings is 1. The summed E-state index contributed by atoms with van der Waals surface area (Å²) < 4.78 is 7.61. The monoisotopic (exact) mass is 468 g/mol. The van der Waals surface area contributed by atoms with Crippen molar-refractivity contribution in [1.82, 2.24) is 19.4 Å². The first-order chi connectivity index (χ1) is 15.8. The van der Waals surface area contributed by atoms with E-state index in [1.54, 1.807) is 30.1 Å². The average Bonchev–Trinajstić information content (AvgIpc) is 3.41. The summed E-state index contributed by atoms with van der Waals surface area (Å²) in [5.74, 6) is 0.369. The van der Waals surface area contributed by atoms with E-state index in [1.165, 1.54) is 16.2 Å². The number of hydrogen-bond acceptors (Lipinski definition) is 7. The number of aryl methyl sites for hydroxylation is 1. The van der Waals surface area contributed by atoms with Crippen LogP contribution in [0, 0.1) is 0 Å². The maximum absolute atomic E-state index is 12.5. The van der Waals surface area contributed by atoms with Gasteiger partial charge in [-0.2, -0.15) is 0 Å². The van der Waals surface area contributed by atoms with Gasteiger partial charge in [0, 0.05) is 45.0 Å². The van der Waals surface area contributed by atoms with E-state index in [0.29, 0.717) is 16.4 Å². The second-order valence-corrected chi connectivity index (χ2v) is 9.21. The van der Waals surface area contributed by atoms with E-state index in [2.05, 4.69) is 29.0 Å². The van der Waals surface area contributed by atoms with Gasteiger partial charge in [-0.05, 0) is 32.0 Å². The van der Waals surface area contributed by atoms with Crippen LogP contribution in [0.3, 0.4) is 0 Å². The number of ether oxygens (including phenoxy) is 1. The molecule has 4 rings (SSSR count). The zero-order chi connectivity index (χ0) is 23.5. The number of aromatic nitrogens is 3. The van der Waals surface area contributed by atoms with E-state index in [-0.39, 0.29) is 30.6 Å². The molecule has 0 aromatic carbocycles. The Morgan fingerprint density at radius 2 is 1.94 bits per heavy atom. The number of carbonyl (C=O) groups is 2. The van der Waals surface area contributed by atoms with Crippen molar-refractivity contribution in [2.24, 2.45) is 7.05 Å². The molecule has 1 N–H and O–H groups in total. The number of anilines is 2. The Morgan fingerprint density at radius 3 is 2.64 bits per heavy atom. The van der Waals surface area contributed by atoms with Crippen molar-refractivity contribution in [3.8, 4) is 11.4 Å². The van der Waals surface area contributed by atoms with Crippen molar-refractivity contribution < 1.29 is 14.3 Å². The van der Waals surface area contributed by atoms with Crippen molar-refractivity contribution in [3.05, 3.63) is 47.6 Å². The van der Waals surface area contributed by atoms with Crippen LogP contribution in [-0.2, 0) is 16.6 Å². The second-order valence-electron chi connectivity index (χ2n) is 8.36. The minimum absolute atomic E-state index is 0.0657. The Bertz CT molecular complexity index is 1130. The van der Waals surface area contributed by atoms with Gasteiger partial charge in [0.2, 0.25) is 5.91 Å². The smallest absolute Gasteiger partial charge is 0.255 e. The van der Waals surface area contributed by atoms with Crippen LogP contribution >= 0.6 is 11.3 Å². The van der Waals surface area contributed by atoms with Gasteiger partial charge in [0.05, 0.1) is 30.0 Å². The van der Waals surface area contributed by atoms with Gasteiger partial charge in [-0.25, -0.2) is 9.97 Å². The van der Waals surface area contributed by atoms with Gasteiger partial charge in [0.25, 0.3) is 5.91 Å². The van der Waals surface area contributed by atoms with Crippen LogP contribution in [-0.4, -0.2) is 70.1 Å². The molecule has 1 aliphatic heterocycles. The topological polar surface area (TPSA) is 92.6 Å². The highest BCUT2D eigenvalue weighted by molar-refractivity contribution is 7.14. The maximum atomic E-state index is 12.5. The van der Waals surface area contributed by atoms with E-state index < -0.39 is 0 Å². The number of nitrogens with zero attached hydrogens (tertiary/aromatic N) is 5. The molecule has 3 aromatic heterocycles. The molecule has 0 saturated carbocycles. The van der Waals surface area contributed by atoms with Crippen LogP contribution in [0.2, 0.25) is 0 Å². The van der Waals surface area contributed by atoms with Crippen molar-refractivity contribution in [2.75, 3.05) is 36.9 Å².